The molecule has 0 bridgehead atoms. The van der Waals surface area contributed by atoms with Crippen LogP contribution in [-0.4, -0.2) is 14.2 Å². The monoisotopic (exact) mass is 239 g/mol. The molecule has 1 unspecified atom stereocenters. The van der Waals surface area contributed by atoms with Gasteiger partial charge in [-0.25, -0.2) is 0 Å². The maximum atomic E-state index is 6.35. The molecule has 0 saturated carbocycles. The lowest BCUT2D eigenvalue weighted by molar-refractivity contribution is 0.413. The van der Waals surface area contributed by atoms with Gasteiger partial charge in [-0.15, -0.1) is 0 Å². The summed E-state index contributed by atoms with van der Waals surface area (Å²) in [5.41, 5.74) is 2.66. The van der Waals surface area contributed by atoms with Gasteiger partial charge in [-0.2, -0.15) is 0 Å². The zero-order valence-corrected chi connectivity index (χ0v) is 11.0. The van der Waals surface area contributed by atoms with Crippen LogP contribution >= 0.6 is 11.6 Å². The number of nitrogens with one attached hydrogen (secondary N) is 1. The first-order valence-electron chi connectivity index (χ1n) is 5.55. The van der Waals surface area contributed by atoms with Gasteiger partial charge in [0.05, 0.1) is 7.11 Å². The van der Waals surface area contributed by atoms with Crippen molar-refractivity contribution in [1.82, 2.24) is 5.32 Å². The number of hydrogen-bond donors (Lipinski definition) is 1. The van der Waals surface area contributed by atoms with Crippen LogP contribution in [0, 0.1) is 0 Å². The molecular weight excluding hydrogens is 222 g/mol. The van der Waals surface area contributed by atoms with Crippen LogP contribution in [0.1, 0.15) is 37.4 Å². The Hall–Kier alpha value is -0.730. The summed E-state index contributed by atoms with van der Waals surface area (Å²) in [5, 5.41) is 4.16. The lowest BCUT2D eigenvalue weighted by Crippen LogP contribution is -2.17. The van der Waals surface area contributed by atoms with E-state index in [9.17, 15) is 0 Å². The van der Waals surface area contributed by atoms with Crippen LogP contribution in [0.3, 0.4) is 0 Å². The van der Waals surface area contributed by atoms with Crippen LogP contribution in [0.2, 0.25) is 5.02 Å². The Labute approximate surface area is 102 Å². The fraction of sp³-hybridized carbons (Fsp3) is 0.538. The summed E-state index contributed by atoms with van der Waals surface area (Å²) in [4.78, 5) is 0. The van der Waals surface area contributed by atoms with Gasteiger partial charge in [-0.1, -0.05) is 25.4 Å². The van der Waals surface area contributed by atoms with Crippen molar-refractivity contribution in [2.24, 2.45) is 0 Å². The molecule has 3 heteroatoms. The predicted octanol–water partition coefficient (Wildman–Crippen LogP) is 3.29. The molecule has 88 valence electrons. The molecule has 0 spiro atoms. The number of hydrogen-bond acceptors (Lipinski definition) is 2. The van der Waals surface area contributed by atoms with Gasteiger partial charge in [0.1, 0.15) is 5.75 Å². The van der Waals surface area contributed by atoms with Gasteiger partial charge < -0.3 is 10.1 Å². The first-order chi connectivity index (χ1) is 7.49. The van der Waals surface area contributed by atoms with E-state index in [1.165, 1.54) is 11.1 Å². The minimum Gasteiger partial charge on any atom is -0.497 e. The second-order valence-electron chi connectivity index (χ2n) is 5.00. The maximum Gasteiger partial charge on any atom is 0.120 e. The zero-order chi connectivity index (χ0) is 11.9. The lowest BCUT2D eigenvalue weighted by atomic mass is 9.86. The Morgan fingerprint density at radius 3 is 2.69 bits per heavy atom. The molecule has 0 heterocycles. The first-order valence-corrected chi connectivity index (χ1v) is 5.92. The summed E-state index contributed by atoms with van der Waals surface area (Å²) in [6.45, 7) is 4.48. The Bertz CT molecular complexity index is 415. The number of rotatable bonds is 2. The molecule has 0 radical (unpaired) electrons. The second kappa shape index (κ2) is 3.94. The first kappa shape index (κ1) is 11.7. The standard InChI is InChI=1S/C13H18ClNO/c1-13(2)7-11(15-3)9-5-8(16-4)6-10(14)12(9)13/h5-6,11,15H,7H2,1-4H3. The van der Waals surface area contributed by atoms with Gasteiger partial charge in [-0.05, 0) is 42.1 Å². The Morgan fingerprint density at radius 1 is 1.44 bits per heavy atom. The molecule has 1 aliphatic carbocycles. The van der Waals surface area contributed by atoms with E-state index in [4.69, 9.17) is 16.3 Å². The third kappa shape index (κ3) is 1.70. The Balaban J connectivity index is 2.60. The van der Waals surface area contributed by atoms with E-state index in [0.29, 0.717) is 6.04 Å². The molecule has 1 atom stereocenters. The Morgan fingerprint density at radius 2 is 2.12 bits per heavy atom. The highest BCUT2D eigenvalue weighted by Crippen LogP contribution is 2.48. The summed E-state index contributed by atoms with van der Waals surface area (Å²) in [6, 6.07) is 4.37. The molecule has 1 aromatic carbocycles. The second-order valence-corrected chi connectivity index (χ2v) is 5.41. The van der Waals surface area contributed by atoms with Gasteiger partial charge >= 0.3 is 0 Å². The van der Waals surface area contributed by atoms with E-state index in [2.05, 4.69) is 25.2 Å². The largest absolute Gasteiger partial charge is 0.497 e. The third-order valence-corrected chi connectivity index (χ3v) is 3.74. The van der Waals surface area contributed by atoms with E-state index >= 15 is 0 Å². The van der Waals surface area contributed by atoms with Crippen molar-refractivity contribution in [2.45, 2.75) is 31.7 Å². The van der Waals surface area contributed by atoms with Crippen LogP contribution in [0.4, 0.5) is 0 Å². The summed E-state index contributed by atoms with van der Waals surface area (Å²) in [7, 11) is 3.66. The summed E-state index contributed by atoms with van der Waals surface area (Å²) in [6.07, 6.45) is 1.08. The quantitative estimate of drug-likeness (QED) is 0.855. The van der Waals surface area contributed by atoms with E-state index in [0.717, 1.165) is 17.2 Å². The summed E-state index contributed by atoms with van der Waals surface area (Å²) in [5.74, 6) is 0.835. The summed E-state index contributed by atoms with van der Waals surface area (Å²) < 4.78 is 5.27. The van der Waals surface area contributed by atoms with Crippen LogP contribution in [0.5, 0.6) is 5.75 Å². The van der Waals surface area contributed by atoms with Gasteiger partial charge in [0, 0.05) is 11.1 Å². The molecule has 2 rings (SSSR count). The fourth-order valence-corrected chi connectivity index (χ4v) is 3.16. The van der Waals surface area contributed by atoms with E-state index in [1.54, 1.807) is 7.11 Å². The average Bonchev–Trinajstić information content (AvgIpc) is 2.50. The minimum atomic E-state index is 0.131. The number of benzene rings is 1. The van der Waals surface area contributed by atoms with Gasteiger partial charge in [0.2, 0.25) is 0 Å². The topological polar surface area (TPSA) is 21.3 Å². The molecular formula is C13H18ClNO. The van der Waals surface area contributed by atoms with Crippen molar-refractivity contribution in [3.05, 3.63) is 28.3 Å². The SMILES string of the molecule is CNC1CC(C)(C)c2c(Cl)cc(OC)cc21. The number of ether oxygens (including phenoxy) is 1. The molecule has 0 aliphatic heterocycles. The highest BCUT2D eigenvalue weighted by Gasteiger charge is 2.38. The highest BCUT2D eigenvalue weighted by atomic mass is 35.5. The van der Waals surface area contributed by atoms with Crippen LogP contribution in [0.25, 0.3) is 0 Å². The van der Waals surface area contributed by atoms with Crippen LogP contribution < -0.4 is 10.1 Å². The van der Waals surface area contributed by atoms with E-state index in [1.807, 2.05) is 13.1 Å². The molecule has 0 amide bonds. The van der Waals surface area contributed by atoms with Crippen molar-refractivity contribution < 1.29 is 4.74 Å². The molecule has 0 saturated heterocycles. The fourth-order valence-electron chi connectivity index (χ4n) is 2.69. The van der Waals surface area contributed by atoms with Gasteiger partial charge in [0.15, 0.2) is 0 Å². The molecule has 0 fully saturated rings. The Kier molecular flexibility index (Phi) is 2.89. The molecule has 2 nitrogen and oxygen atoms in total. The lowest BCUT2D eigenvalue weighted by Gasteiger charge is -2.20. The smallest absolute Gasteiger partial charge is 0.120 e. The normalized spacial score (nSPS) is 21.9. The maximum absolute atomic E-state index is 6.35. The molecule has 1 N–H and O–H groups in total. The van der Waals surface area contributed by atoms with E-state index < -0.39 is 0 Å². The third-order valence-electron chi connectivity index (χ3n) is 3.45. The molecule has 0 aromatic heterocycles. The van der Waals surface area contributed by atoms with Crippen LogP contribution in [-0.2, 0) is 5.41 Å². The number of fused-ring (bicyclic) bond motifs is 1. The van der Waals surface area contributed by atoms with Gasteiger partial charge in [0.25, 0.3) is 0 Å². The van der Waals surface area contributed by atoms with E-state index in [-0.39, 0.29) is 5.41 Å². The van der Waals surface area contributed by atoms with Crippen molar-refractivity contribution in [1.29, 1.82) is 0 Å². The van der Waals surface area contributed by atoms with Crippen molar-refractivity contribution >= 4 is 11.6 Å². The highest BCUT2D eigenvalue weighted by molar-refractivity contribution is 6.31. The molecule has 1 aliphatic rings. The van der Waals surface area contributed by atoms with Crippen molar-refractivity contribution in [2.75, 3.05) is 14.2 Å². The van der Waals surface area contributed by atoms with Crippen molar-refractivity contribution in [3.8, 4) is 5.75 Å². The molecule has 1 aromatic rings. The molecule has 16 heavy (non-hydrogen) atoms. The summed E-state index contributed by atoms with van der Waals surface area (Å²) >= 11 is 6.35. The number of halogens is 1. The van der Waals surface area contributed by atoms with Gasteiger partial charge in [-0.3, -0.25) is 0 Å². The average molecular weight is 240 g/mol. The minimum absolute atomic E-state index is 0.131. The van der Waals surface area contributed by atoms with Crippen molar-refractivity contribution in [3.63, 3.8) is 0 Å². The van der Waals surface area contributed by atoms with Crippen LogP contribution in [0.15, 0.2) is 12.1 Å². The number of methoxy groups -OCH3 is 1. The predicted molar refractivity (Wildman–Crippen MR) is 67.4 cm³/mol. The zero-order valence-electron chi connectivity index (χ0n) is 10.2.